The van der Waals surface area contributed by atoms with Crippen molar-refractivity contribution in [2.24, 2.45) is 0 Å². The van der Waals surface area contributed by atoms with E-state index in [2.05, 4.69) is 5.32 Å². The van der Waals surface area contributed by atoms with Crippen molar-refractivity contribution in [3.63, 3.8) is 0 Å². The molecule has 0 aromatic heterocycles. The van der Waals surface area contributed by atoms with Crippen molar-refractivity contribution >= 4 is 23.4 Å². The van der Waals surface area contributed by atoms with Crippen LogP contribution < -0.4 is 5.32 Å². The molecule has 0 aliphatic rings. The van der Waals surface area contributed by atoms with Gasteiger partial charge in [0.1, 0.15) is 0 Å². The minimum Gasteiger partial charge on any atom is -0.463 e. The minimum absolute atomic E-state index is 0.140. The van der Waals surface area contributed by atoms with Crippen LogP contribution in [0.4, 0.5) is 0 Å². The number of carbonyl (C=O) groups excluding carboxylic acids is 2. The van der Waals surface area contributed by atoms with Crippen LogP contribution >= 0.6 is 11.6 Å². The maximum atomic E-state index is 11.5. The second kappa shape index (κ2) is 8.97. The molecule has 0 saturated carbocycles. The molecule has 0 unspecified atom stereocenters. The van der Waals surface area contributed by atoms with Crippen molar-refractivity contribution in [1.82, 2.24) is 5.32 Å². The van der Waals surface area contributed by atoms with Crippen LogP contribution in [0.5, 0.6) is 0 Å². The molecule has 4 nitrogen and oxygen atoms in total. The molecule has 112 valence electrons. The molecular formula is C16H18ClNO3. The van der Waals surface area contributed by atoms with Crippen LogP contribution in [-0.4, -0.2) is 18.4 Å². The summed E-state index contributed by atoms with van der Waals surface area (Å²) >= 11 is 5.80. The Kier molecular flexibility index (Phi) is 7.26. The number of hydrogen-bond acceptors (Lipinski definition) is 4. The maximum absolute atomic E-state index is 11.5. The molecule has 0 spiro atoms. The molecule has 0 radical (unpaired) electrons. The molecule has 0 amide bonds. The monoisotopic (exact) mass is 307 g/mol. The summed E-state index contributed by atoms with van der Waals surface area (Å²) in [5.74, 6) is -0.610. The van der Waals surface area contributed by atoms with E-state index in [9.17, 15) is 9.59 Å². The lowest BCUT2D eigenvalue weighted by Gasteiger charge is -2.03. The molecule has 0 heterocycles. The Morgan fingerprint density at radius 2 is 1.90 bits per heavy atom. The van der Waals surface area contributed by atoms with Crippen LogP contribution in [-0.2, 0) is 20.9 Å². The summed E-state index contributed by atoms with van der Waals surface area (Å²) in [5, 5.41) is 3.71. The fourth-order valence-electron chi connectivity index (χ4n) is 1.50. The Morgan fingerprint density at radius 1 is 1.24 bits per heavy atom. The molecule has 21 heavy (non-hydrogen) atoms. The Hall–Kier alpha value is -2.07. The SMILES string of the molecule is CCOC(=O)/C=C/C(=C/NCc1ccc(Cl)cc1)C(C)=O. The Labute approximate surface area is 129 Å². The topological polar surface area (TPSA) is 55.4 Å². The lowest BCUT2D eigenvalue weighted by molar-refractivity contribution is -0.137. The molecule has 0 atom stereocenters. The summed E-state index contributed by atoms with van der Waals surface area (Å²) < 4.78 is 4.76. The van der Waals surface area contributed by atoms with Crippen LogP contribution in [0.25, 0.3) is 0 Å². The van der Waals surface area contributed by atoms with Gasteiger partial charge in [-0.1, -0.05) is 23.7 Å². The third-order valence-electron chi connectivity index (χ3n) is 2.57. The van der Waals surface area contributed by atoms with Crippen LogP contribution in [0.1, 0.15) is 19.4 Å². The van der Waals surface area contributed by atoms with Crippen molar-refractivity contribution in [3.05, 3.63) is 58.8 Å². The van der Waals surface area contributed by atoms with Gasteiger partial charge in [0.2, 0.25) is 0 Å². The number of nitrogens with one attached hydrogen (secondary N) is 1. The quantitative estimate of drug-likeness (QED) is 0.478. The van der Waals surface area contributed by atoms with Gasteiger partial charge in [-0.25, -0.2) is 4.79 Å². The second-order valence-corrected chi connectivity index (χ2v) is 4.69. The Bertz CT molecular complexity index is 547. The van der Waals surface area contributed by atoms with Gasteiger partial charge >= 0.3 is 5.97 Å². The predicted molar refractivity (Wildman–Crippen MR) is 82.8 cm³/mol. The molecule has 1 aromatic rings. The van der Waals surface area contributed by atoms with Crippen molar-refractivity contribution in [1.29, 1.82) is 0 Å². The molecule has 1 rings (SSSR count). The number of benzene rings is 1. The van der Waals surface area contributed by atoms with Crippen LogP contribution in [0.2, 0.25) is 5.02 Å². The van der Waals surface area contributed by atoms with E-state index in [1.54, 1.807) is 25.3 Å². The third-order valence-corrected chi connectivity index (χ3v) is 2.82. The third kappa shape index (κ3) is 6.77. The lowest BCUT2D eigenvalue weighted by atomic mass is 10.2. The van der Waals surface area contributed by atoms with E-state index >= 15 is 0 Å². The fourth-order valence-corrected chi connectivity index (χ4v) is 1.62. The Balaban J connectivity index is 2.62. The number of rotatable bonds is 7. The second-order valence-electron chi connectivity index (χ2n) is 4.25. The van der Waals surface area contributed by atoms with E-state index < -0.39 is 5.97 Å². The van der Waals surface area contributed by atoms with E-state index in [1.165, 1.54) is 19.1 Å². The molecule has 5 heteroatoms. The van der Waals surface area contributed by atoms with Crippen molar-refractivity contribution in [3.8, 4) is 0 Å². The molecule has 0 aliphatic heterocycles. The summed E-state index contributed by atoms with van der Waals surface area (Å²) in [6.45, 7) is 4.02. The largest absolute Gasteiger partial charge is 0.463 e. The first kappa shape index (κ1) is 17.0. The first-order chi connectivity index (χ1) is 10.0. The van der Waals surface area contributed by atoms with E-state index in [-0.39, 0.29) is 5.78 Å². The summed E-state index contributed by atoms with van der Waals surface area (Å²) in [4.78, 5) is 22.7. The first-order valence-electron chi connectivity index (χ1n) is 6.56. The van der Waals surface area contributed by atoms with Crippen LogP contribution in [0, 0.1) is 0 Å². The highest BCUT2D eigenvalue weighted by molar-refractivity contribution is 6.30. The van der Waals surface area contributed by atoms with Gasteiger partial charge in [-0.3, -0.25) is 4.79 Å². The molecule has 0 fully saturated rings. The van der Waals surface area contributed by atoms with Gasteiger partial charge in [-0.15, -0.1) is 0 Å². The van der Waals surface area contributed by atoms with Crippen LogP contribution in [0.15, 0.2) is 48.2 Å². The van der Waals surface area contributed by atoms with Gasteiger partial charge in [0.05, 0.1) is 6.61 Å². The maximum Gasteiger partial charge on any atom is 0.330 e. The number of esters is 1. The zero-order valence-electron chi connectivity index (χ0n) is 12.1. The van der Waals surface area contributed by atoms with Crippen molar-refractivity contribution in [2.45, 2.75) is 20.4 Å². The average Bonchev–Trinajstić information content (AvgIpc) is 2.44. The number of carbonyl (C=O) groups is 2. The number of halogens is 1. The molecule has 0 saturated heterocycles. The van der Waals surface area contributed by atoms with Crippen molar-refractivity contribution < 1.29 is 14.3 Å². The summed E-state index contributed by atoms with van der Waals surface area (Å²) in [6, 6.07) is 7.39. The zero-order valence-corrected chi connectivity index (χ0v) is 12.8. The molecule has 1 aromatic carbocycles. The lowest BCUT2D eigenvalue weighted by Crippen LogP contribution is -2.08. The predicted octanol–water partition coefficient (Wildman–Crippen LogP) is 3.02. The molecular weight excluding hydrogens is 290 g/mol. The van der Waals surface area contributed by atoms with Gasteiger partial charge < -0.3 is 10.1 Å². The zero-order chi connectivity index (χ0) is 15.7. The molecule has 1 N–H and O–H groups in total. The van der Waals surface area contributed by atoms with Gasteiger partial charge in [0.15, 0.2) is 5.78 Å². The fraction of sp³-hybridized carbons (Fsp3) is 0.250. The minimum atomic E-state index is -0.470. The number of hydrogen-bond donors (Lipinski definition) is 1. The highest BCUT2D eigenvalue weighted by atomic mass is 35.5. The van der Waals surface area contributed by atoms with Gasteiger partial charge in [0, 0.05) is 29.4 Å². The molecule has 0 aliphatic carbocycles. The highest BCUT2D eigenvalue weighted by Crippen LogP contribution is 2.09. The first-order valence-corrected chi connectivity index (χ1v) is 6.94. The van der Waals surface area contributed by atoms with E-state index in [1.807, 2.05) is 12.1 Å². The Morgan fingerprint density at radius 3 is 2.48 bits per heavy atom. The summed E-state index contributed by atoms with van der Waals surface area (Å²) in [6.07, 6.45) is 4.25. The highest BCUT2D eigenvalue weighted by Gasteiger charge is 2.01. The summed E-state index contributed by atoms with van der Waals surface area (Å²) in [5.41, 5.74) is 1.44. The normalized spacial score (nSPS) is 11.5. The molecule has 0 bridgehead atoms. The van der Waals surface area contributed by atoms with E-state index in [4.69, 9.17) is 16.3 Å². The van der Waals surface area contributed by atoms with E-state index in [0.29, 0.717) is 23.7 Å². The summed E-state index contributed by atoms with van der Waals surface area (Å²) in [7, 11) is 0. The van der Waals surface area contributed by atoms with Gasteiger partial charge in [-0.05, 0) is 37.6 Å². The number of ketones is 1. The van der Waals surface area contributed by atoms with Gasteiger partial charge in [0.25, 0.3) is 0 Å². The van der Waals surface area contributed by atoms with E-state index in [0.717, 1.165) is 5.56 Å². The average molecular weight is 308 g/mol. The van der Waals surface area contributed by atoms with Crippen molar-refractivity contribution in [2.75, 3.05) is 6.61 Å². The number of allylic oxidation sites excluding steroid dienone is 2. The smallest absolute Gasteiger partial charge is 0.330 e. The number of ether oxygens (including phenoxy) is 1. The standard InChI is InChI=1S/C16H18ClNO3/c1-3-21-16(20)9-6-14(12(2)19)11-18-10-13-4-7-15(17)8-5-13/h4-9,11,18H,3,10H2,1-2H3/b9-6+,14-11-. The number of Topliss-reactive ketones (excluding diaryl/α,β-unsaturated/α-hetero) is 1. The van der Waals surface area contributed by atoms with Crippen LogP contribution in [0.3, 0.4) is 0 Å². The van der Waals surface area contributed by atoms with Gasteiger partial charge in [-0.2, -0.15) is 0 Å².